The van der Waals surface area contributed by atoms with Crippen LogP contribution in [0, 0.1) is 21.4 Å². The number of benzene rings is 2. The molecule has 2 aromatic rings. The highest BCUT2D eigenvalue weighted by Gasteiger charge is 2.14. The highest BCUT2D eigenvalue weighted by atomic mass is 35.5. The fourth-order valence-corrected chi connectivity index (χ4v) is 2.28. The number of carbonyl (C=O) groups is 1. The van der Waals surface area contributed by atoms with E-state index in [1.165, 1.54) is 18.3 Å². The first-order chi connectivity index (χ1) is 12.9. The number of non-ortho nitro benzene ring substituents is 1. The van der Waals surface area contributed by atoms with Crippen LogP contribution in [-0.2, 0) is 11.2 Å². The number of phenols is 1. The number of aromatic hydroxyl groups is 1. The Morgan fingerprint density at radius 1 is 1.30 bits per heavy atom. The normalized spacial score (nSPS) is 10.7. The maximum Gasteiger partial charge on any atom is 0.271 e. The fraction of sp³-hybridized carbons (Fsp3) is 0.111. The Balaban J connectivity index is 1.98. The lowest BCUT2D eigenvalue weighted by Gasteiger charge is -2.07. The predicted molar refractivity (Wildman–Crippen MR) is 100 cm³/mol. The Bertz CT molecular complexity index is 920. The minimum Gasteiger partial charge on any atom is -0.508 e. The van der Waals surface area contributed by atoms with Gasteiger partial charge in [-0.1, -0.05) is 23.7 Å². The van der Waals surface area contributed by atoms with E-state index >= 15 is 0 Å². The Morgan fingerprint density at radius 2 is 2.00 bits per heavy atom. The van der Waals surface area contributed by atoms with Crippen molar-refractivity contribution in [3.8, 4) is 11.8 Å². The summed E-state index contributed by atoms with van der Waals surface area (Å²) in [5, 5.41) is 34.6. The van der Waals surface area contributed by atoms with E-state index in [2.05, 4.69) is 10.6 Å². The number of rotatable bonds is 7. The summed E-state index contributed by atoms with van der Waals surface area (Å²) in [5.41, 5.74) is 0.577. The lowest BCUT2D eigenvalue weighted by atomic mass is 10.1. The highest BCUT2D eigenvalue weighted by Crippen LogP contribution is 2.27. The number of hydrogen-bond donors (Lipinski definition) is 3. The molecule has 0 aliphatic heterocycles. The second kappa shape index (κ2) is 9.22. The first kappa shape index (κ1) is 19.8. The van der Waals surface area contributed by atoms with Crippen molar-refractivity contribution in [1.29, 1.82) is 5.26 Å². The second-order valence-corrected chi connectivity index (χ2v) is 5.82. The molecule has 0 saturated heterocycles. The number of anilines is 1. The van der Waals surface area contributed by atoms with Crippen LogP contribution in [0.5, 0.6) is 5.75 Å². The minimum absolute atomic E-state index is 0.0427. The largest absolute Gasteiger partial charge is 0.508 e. The molecule has 0 spiro atoms. The van der Waals surface area contributed by atoms with Crippen LogP contribution in [-0.4, -0.2) is 22.5 Å². The molecule has 1 amide bonds. The number of phenolic OH excluding ortho intramolecular Hbond substituents is 1. The smallest absolute Gasteiger partial charge is 0.271 e. The summed E-state index contributed by atoms with van der Waals surface area (Å²) in [6, 6.07) is 12.1. The summed E-state index contributed by atoms with van der Waals surface area (Å²) in [5.74, 6) is -0.563. The number of nitrogens with zero attached hydrogens (tertiary/aromatic N) is 2. The average Bonchev–Trinajstić information content (AvgIpc) is 2.64. The summed E-state index contributed by atoms with van der Waals surface area (Å²) in [4.78, 5) is 22.4. The summed E-state index contributed by atoms with van der Waals surface area (Å²) in [6.07, 6.45) is 1.88. The van der Waals surface area contributed by atoms with E-state index in [1.54, 1.807) is 30.3 Å². The quantitative estimate of drug-likeness (QED) is 0.220. The van der Waals surface area contributed by atoms with Crippen LogP contribution in [0.25, 0.3) is 0 Å². The number of nitro benzene ring substituents is 1. The van der Waals surface area contributed by atoms with Gasteiger partial charge in [-0.3, -0.25) is 14.9 Å². The van der Waals surface area contributed by atoms with E-state index in [0.717, 1.165) is 11.6 Å². The van der Waals surface area contributed by atoms with Gasteiger partial charge in [0.25, 0.3) is 11.6 Å². The van der Waals surface area contributed by atoms with Crippen molar-refractivity contribution in [2.45, 2.75) is 6.42 Å². The van der Waals surface area contributed by atoms with Gasteiger partial charge >= 0.3 is 0 Å². The molecule has 8 nitrogen and oxygen atoms in total. The number of nitrogens with one attached hydrogen (secondary N) is 2. The molecule has 0 fully saturated rings. The SMILES string of the molecule is N#C/C(=C/NCCc1ccc(O)cc1)C(=O)Nc1cc([N+](=O)[O-])ccc1Cl. The van der Waals surface area contributed by atoms with Crippen LogP contribution in [0.2, 0.25) is 5.02 Å². The topological polar surface area (TPSA) is 128 Å². The molecule has 0 aromatic heterocycles. The van der Waals surface area contributed by atoms with E-state index in [4.69, 9.17) is 16.9 Å². The van der Waals surface area contributed by atoms with Crippen LogP contribution in [0.1, 0.15) is 5.56 Å². The molecule has 0 saturated carbocycles. The van der Waals surface area contributed by atoms with Gasteiger partial charge in [0.2, 0.25) is 0 Å². The molecule has 0 radical (unpaired) electrons. The predicted octanol–water partition coefficient (Wildman–Crippen LogP) is 3.13. The van der Waals surface area contributed by atoms with Gasteiger partial charge in [-0.05, 0) is 30.2 Å². The summed E-state index contributed by atoms with van der Waals surface area (Å²) >= 11 is 5.93. The summed E-state index contributed by atoms with van der Waals surface area (Å²) in [6.45, 7) is 0.459. The Labute approximate surface area is 159 Å². The van der Waals surface area contributed by atoms with Crippen LogP contribution in [0.4, 0.5) is 11.4 Å². The first-order valence-corrected chi connectivity index (χ1v) is 8.15. The van der Waals surface area contributed by atoms with Gasteiger partial charge in [-0.15, -0.1) is 0 Å². The molecule has 2 rings (SSSR count). The molecule has 9 heteroatoms. The van der Waals surface area contributed by atoms with Gasteiger partial charge in [0.1, 0.15) is 17.4 Å². The second-order valence-electron chi connectivity index (χ2n) is 5.42. The summed E-state index contributed by atoms with van der Waals surface area (Å²) in [7, 11) is 0. The van der Waals surface area contributed by atoms with Crippen molar-refractivity contribution in [3.63, 3.8) is 0 Å². The van der Waals surface area contributed by atoms with Crippen molar-refractivity contribution in [1.82, 2.24) is 5.32 Å². The van der Waals surface area contributed by atoms with Crippen LogP contribution >= 0.6 is 11.6 Å². The number of carbonyl (C=O) groups excluding carboxylic acids is 1. The number of amides is 1. The van der Waals surface area contributed by atoms with Crippen molar-refractivity contribution >= 4 is 28.9 Å². The Kier molecular flexibility index (Phi) is 6.74. The zero-order valence-electron chi connectivity index (χ0n) is 14.0. The molecule has 27 heavy (non-hydrogen) atoms. The fourth-order valence-electron chi connectivity index (χ4n) is 2.11. The van der Waals surface area contributed by atoms with E-state index in [-0.39, 0.29) is 27.7 Å². The highest BCUT2D eigenvalue weighted by molar-refractivity contribution is 6.34. The van der Waals surface area contributed by atoms with E-state index in [1.807, 2.05) is 0 Å². The lowest BCUT2D eigenvalue weighted by molar-refractivity contribution is -0.384. The maximum absolute atomic E-state index is 12.2. The number of nitriles is 1. The molecule has 0 atom stereocenters. The Hall–Kier alpha value is -3.57. The molecular weight excluding hydrogens is 372 g/mol. The molecule has 2 aromatic carbocycles. The van der Waals surface area contributed by atoms with Crippen LogP contribution in [0.3, 0.4) is 0 Å². The molecule has 0 heterocycles. The summed E-state index contributed by atoms with van der Waals surface area (Å²) < 4.78 is 0. The van der Waals surface area contributed by atoms with E-state index in [0.29, 0.717) is 13.0 Å². The monoisotopic (exact) mass is 386 g/mol. The van der Waals surface area contributed by atoms with Crippen molar-refractivity contribution < 1.29 is 14.8 Å². The third kappa shape index (κ3) is 5.73. The van der Waals surface area contributed by atoms with Crippen molar-refractivity contribution in [2.24, 2.45) is 0 Å². The van der Waals surface area contributed by atoms with Gasteiger partial charge in [0, 0.05) is 24.9 Å². The van der Waals surface area contributed by atoms with Crippen molar-refractivity contribution in [2.75, 3.05) is 11.9 Å². The zero-order valence-corrected chi connectivity index (χ0v) is 14.7. The molecule has 0 aliphatic carbocycles. The zero-order chi connectivity index (χ0) is 19.8. The average molecular weight is 387 g/mol. The number of nitro groups is 1. The van der Waals surface area contributed by atoms with Gasteiger partial charge in [-0.2, -0.15) is 5.26 Å². The Morgan fingerprint density at radius 3 is 2.63 bits per heavy atom. The van der Waals surface area contributed by atoms with Crippen LogP contribution in [0.15, 0.2) is 54.2 Å². The molecule has 0 aliphatic rings. The van der Waals surface area contributed by atoms with Gasteiger partial charge in [0.15, 0.2) is 0 Å². The molecule has 3 N–H and O–H groups in total. The number of halogens is 1. The van der Waals surface area contributed by atoms with E-state index in [9.17, 15) is 20.0 Å². The van der Waals surface area contributed by atoms with Crippen LogP contribution < -0.4 is 10.6 Å². The first-order valence-electron chi connectivity index (χ1n) is 7.77. The minimum atomic E-state index is -0.739. The molecule has 0 unspecified atom stereocenters. The maximum atomic E-state index is 12.2. The van der Waals surface area contributed by atoms with Gasteiger partial charge in [-0.25, -0.2) is 0 Å². The molecule has 138 valence electrons. The lowest BCUT2D eigenvalue weighted by Crippen LogP contribution is -2.18. The molecule has 0 bridgehead atoms. The third-order valence-corrected chi connectivity index (χ3v) is 3.84. The molecular formula is C18H15ClN4O4. The third-order valence-electron chi connectivity index (χ3n) is 3.51. The standard InChI is InChI=1S/C18H15ClN4O4/c19-16-6-3-14(23(26)27)9-17(16)22-18(25)13(10-20)11-21-8-7-12-1-4-15(24)5-2-12/h1-6,9,11,21,24H,7-8H2,(H,22,25)/b13-11-. The van der Waals surface area contributed by atoms with Gasteiger partial charge in [0.05, 0.1) is 15.6 Å². The number of hydrogen-bond acceptors (Lipinski definition) is 6. The van der Waals surface area contributed by atoms with Gasteiger partial charge < -0.3 is 15.7 Å². The van der Waals surface area contributed by atoms with Crippen molar-refractivity contribution in [3.05, 3.63) is 74.9 Å². The van der Waals surface area contributed by atoms with E-state index < -0.39 is 10.8 Å².